The van der Waals surface area contributed by atoms with Gasteiger partial charge in [0, 0.05) is 16.8 Å². The van der Waals surface area contributed by atoms with E-state index in [0.717, 1.165) is 27.9 Å². The van der Waals surface area contributed by atoms with Crippen LogP contribution in [0.1, 0.15) is 5.82 Å². The zero-order valence-corrected chi connectivity index (χ0v) is 20.4. The molecule has 0 aliphatic rings. The molecular weight excluding hydrogens is 472 g/mol. The van der Waals surface area contributed by atoms with Crippen LogP contribution in [0.15, 0.2) is 102 Å². The van der Waals surface area contributed by atoms with Gasteiger partial charge in [-0.15, -0.1) is 10.2 Å². The number of hydrogen-bond acceptors (Lipinski definition) is 6. The summed E-state index contributed by atoms with van der Waals surface area (Å²) in [6.45, 7) is 0.219. The predicted molar refractivity (Wildman–Crippen MR) is 142 cm³/mol. The van der Waals surface area contributed by atoms with Crippen molar-refractivity contribution in [3.05, 3.63) is 103 Å². The van der Waals surface area contributed by atoms with Crippen LogP contribution in [0.2, 0.25) is 0 Å². The Kier molecular flexibility index (Phi) is 7.14. The molecule has 5 rings (SSSR count). The Labute approximate surface area is 213 Å². The molecule has 1 aromatic heterocycles. The van der Waals surface area contributed by atoms with Crippen LogP contribution >= 0.6 is 11.8 Å². The van der Waals surface area contributed by atoms with Crippen molar-refractivity contribution in [2.45, 2.75) is 11.8 Å². The Morgan fingerprint density at radius 2 is 1.58 bits per heavy atom. The average molecular weight is 497 g/mol. The maximum absolute atomic E-state index is 12.8. The van der Waals surface area contributed by atoms with Crippen LogP contribution in [0.25, 0.3) is 16.5 Å². The van der Waals surface area contributed by atoms with Gasteiger partial charge in [-0.25, -0.2) is 0 Å². The Morgan fingerprint density at radius 3 is 2.39 bits per heavy atom. The number of thioether (sulfide) groups is 1. The fraction of sp³-hybridized carbons (Fsp3) is 0.107. The molecule has 0 radical (unpaired) electrons. The molecule has 0 unspecified atom stereocenters. The van der Waals surface area contributed by atoms with Crippen molar-refractivity contribution in [3.8, 4) is 17.2 Å². The highest BCUT2D eigenvalue weighted by Gasteiger charge is 2.17. The van der Waals surface area contributed by atoms with Gasteiger partial charge in [-0.1, -0.05) is 66.4 Å². The van der Waals surface area contributed by atoms with E-state index in [0.29, 0.717) is 16.7 Å². The number of methoxy groups -OCH3 is 1. The van der Waals surface area contributed by atoms with Crippen LogP contribution in [-0.4, -0.2) is 33.5 Å². The quantitative estimate of drug-likeness (QED) is 0.262. The molecule has 0 spiro atoms. The van der Waals surface area contributed by atoms with E-state index in [1.165, 1.54) is 11.8 Å². The summed E-state index contributed by atoms with van der Waals surface area (Å²) in [4.78, 5) is 12.8. The molecular formula is C28H24N4O3S. The highest BCUT2D eigenvalue weighted by molar-refractivity contribution is 7.99. The summed E-state index contributed by atoms with van der Waals surface area (Å²) in [7, 11) is 1.62. The van der Waals surface area contributed by atoms with E-state index in [2.05, 4.69) is 15.5 Å². The molecule has 4 aromatic carbocycles. The Hall–Kier alpha value is -4.30. The third kappa shape index (κ3) is 5.34. The molecule has 0 aliphatic carbocycles. The lowest BCUT2D eigenvalue weighted by molar-refractivity contribution is -0.113. The lowest BCUT2D eigenvalue weighted by Gasteiger charge is -2.12. The van der Waals surface area contributed by atoms with Gasteiger partial charge in [-0.2, -0.15) is 0 Å². The fourth-order valence-electron chi connectivity index (χ4n) is 3.79. The molecule has 8 heteroatoms. The van der Waals surface area contributed by atoms with E-state index >= 15 is 0 Å². The number of hydrogen-bond donors (Lipinski definition) is 1. The first kappa shape index (κ1) is 23.4. The van der Waals surface area contributed by atoms with E-state index in [4.69, 9.17) is 9.47 Å². The number of para-hydroxylation sites is 1. The maximum Gasteiger partial charge on any atom is 0.234 e. The summed E-state index contributed by atoms with van der Waals surface area (Å²) in [6, 6.07) is 31.0. The molecule has 5 aromatic rings. The van der Waals surface area contributed by atoms with Gasteiger partial charge >= 0.3 is 0 Å². The molecule has 7 nitrogen and oxygen atoms in total. The molecule has 36 heavy (non-hydrogen) atoms. The summed E-state index contributed by atoms with van der Waals surface area (Å²) in [6.07, 6.45) is 0. The molecule has 0 saturated heterocycles. The first-order valence-corrected chi connectivity index (χ1v) is 12.4. The highest BCUT2D eigenvalue weighted by atomic mass is 32.2. The van der Waals surface area contributed by atoms with Crippen molar-refractivity contribution in [2.24, 2.45) is 0 Å². The van der Waals surface area contributed by atoms with Gasteiger partial charge in [0.1, 0.15) is 18.1 Å². The largest absolute Gasteiger partial charge is 0.497 e. The lowest BCUT2D eigenvalue weighted by atomic mass is 10.1. The number of benzene rings is 4. The van der Waals surface area contributed by atoms with Crippen LogP contribution in [-0.2, 0) is 11.4 Å². The number of nitrogens with one attached hydrogen (secondary N) is 1. The molecule has 0 fully saturated rings. The van der Waals surface area contributed by atoms with E-state index in [1.807, 2.05) is 102 Å². The Bertz CT molecular complexity index is 1460. The number of fused-ring (bicyclic) bond motifs is 1. The van der Waals surface area contributed by atoms with E-state index in [9.17, 15) is 4.79 Å². The van der Waals surface area contributed by atoms with Crippen LogP contribution in [0.3, 0.4) is 0 Å². The third-order valence-corrected chi connectivity index (χ3v) is 6.47. The zero-order chi connectivity index (χ0) is 24.7. The molecule has 180 valence electrons. The topological polar surface area (TPSA) is 78.3 Å². The van der Waals surface area contributed by atoms with Gasteiger partial charge < -0.3 is 14.8 Å². The minimum absolute atomic E-state index is 0.116. The van der Waals surface area contributed by atoms with Crippen molar-refractivity contribution >= 4 is 34.1 Å². The van der Waals surface area contributed by atoms with Crippen LogP contribution in [0, 0.1) is 0 Å². The van der Waals surface area contributed by atoms with Crippen molar-refractivity contribution < 1.29 is 14.3 Å². The SMILES string of the molecule is COc1ccc(OCc2nnc(SCC(=O)Nc3cccc4ccccc34)n2-c2ccccc2)cc1. The number of rotatable bonds is 9. The highest BCUT2D eigenvalue weighted by Crippen LogP contribution is 2.26. The summed E-state index contributed by atoms with van der Waals surface area (Å²) in [5.41, 5.74) is 1.68. The second-order valence-electron chi connectivity index (χ2n) is 7.90. The minimum Gasteiger partial charge on any atom is -0.497 e. The molecule has 0 atom stereocenters. The summed E-state index contributed by atoms with van der Waals surface area (Å²) < 4.78 is 13.1. The van der Waals surface area contributed by atoms with Gasteiger partial charge in [-0.05, 0) is 47.9 Å². The van der Waals surface area contributed by atoms with Crippen molar-refractivity contribution in [2.75, 3.05) is 18.2 Å². The number of aromatic nitrogens is 3. The smallest absolute Gasteiger partial charge is 0.234 e. The average Bonchev–Trinajstić information content (AvgIpc) is 3.34. The molecule has 1 amide bonds. The van der Waals surface area contributed by atoms with E-state index < -0.39 is 0 Å². The van der Waals surface area contributed by atoms with Crippen molar-refractivity contribution in [1.82, 2.24) is 14.8 Å². The normalized spacial score (nSPS) is 10.8. The summed E-state index contributed by atoms with van der Waals surface area (Å²) >= 11 is 1.33. The number of anilines is 1. The van der Waals surface area contributed by atoms with Gasteiger partial charge in [-0.3, -0.25) is 9.36 Å². The van der Waals surface area contributed by atoms with Crippen molar-refractivity contribution in [1.29, 1.82) is 0 Å². The number of carbonyl (C=O) groups excluding carboxylic acids is 1. The second kappa shape index (κ2) is 11.0. The first-order valence-electron chi connectivity index (χ1n) is 11.4. The lowest BCUT2D eigenvalue weighted by Crippen LogP contribution is -2.15. The van der Waals surface area contributed by atoms with Crippen LogP contribution in [0.4, 0.5) is 5.69 Å². The summed E-state index contributed by atoms with van der Waals surface area (Å²) in [5, 5.41) is 14.4. The van der Waals surface area contributed by atoms with Crippen LogP contribution < -0.4 is 14.8 Å². The number of carbonyl (C=O) groups is 1. The van der Waals surface area contributed by atoms with Gasteiger partial charge in [0.25, 0.3) is 0 Å². The van der Waals surface area contributed by atoms with Crippen LogP contribution in [0.5, 0.6) is 11.5 Å². The van der Waals surface area contributed by atoms with Gasteiger partial charge in [0.15, 0.2) is 11.0 Å². The van der Waals surface area contributed by atoms with E-state index in [-0.39, 0.29) is 18.3 Å². The van der Waals surface area contributed by atoms with Gasteiger partial charge in [0.2, 0.25) is 5.91 Å². The maximum atomic E-state index is 12.8. The standard InChI is InChI=1S/C28H24N4O3S/c1-34-22-14-16-23(17-15-22)35-18-26-30-31-28(32(26)21-10-3-2-4-11-21)36-19-27(33)29-25-13-7-9-20-8-5-6-12-24(20)25/h2-17H,18-19H2,1H3,(H,29,33). The number of ether oxygens (including phenoxy) is 2. The second-order valence-corrected chi connectivity index (χ2v) is 8.84. The van der Waals surface area contributed by atoms with Crippen molar-refractivity contribution in [3.63, 3.8) is 0 Å². The first-order chi connectivity index (χ1) is 17.7. The number of nitrogens with zero attached hydrogens (tertiary/aromatic N) is 3. The zero-order valence-electron chi connectivity index (χ0n) is 19.6. The minimum atomic E-state index is -0.116. The van der Waals surface area contributed by atoms with Gasteiger partial charge in [0.05, 0.1) is 12.9 Å². The number of amides is 1. The third-order valence-electron chi connectivity index (χ3n) is 5.54. The molecule has 0 saturated carbocycles. The fourth-order valence-corrected chi connectivity index (χ4v) is 4.57. The van der Waals surface area contributed by atoms with E-state index in [1.54, 1.807) is 7.11 Å². The molecule has 0 aliphatic heterocycles. The summed E-state index contributed by atoms with van der Waals surface area (Å²) in [5.74, 6) is 2.16. The Balaban J connectivity index is 1.31. The Morgan fingerprint density at radius 1 is 0.861 bits per heavy atom. The molecule has 1 N–H and O–H groups in total. The predicted octanol–water partition coefficient (Wildman–Crippen LogP) is 5.74. The molecule has 0 bridgehead atoms. The monoisotopic (exact) mass is 496 g/mol. The molecule has 1 heterocycles.